The number of carbonyl (C=O) groups excluding carboxylic acids is 1. The number of amides is 1. The highest BCUT2D eigenvalue weighted by molar-refractivity contribution is 5.96. The van der Waals surface area contributed by atoms with Crippen molar-refractivity contribution in [3.8, 4) is 0 Å². The zero-order valence-corrected chi connectivity index (χ0v) is 10.8. The smallest absolute Gasteiger partial charge is 0.268 e. The van der Waals surface area contributed by atoms with Crippen molar-refractivity contribution in [1.29, 1.82) is 0 Å². The molecule has 4 heteroatoms. The maximum atomic E-state index is 12.3. The number of benzene rings is 1. The van der Waals surface area contributed by atoms with Crippen LogP contribution in [0.3, 0.4) is 0 Å². The number of fused-ring (bicyclic) bond motifs is 1. The van der Waals surface area contributed by atoms with Crippen LogP contribution in [0.1, 0.15) is 17.4 Å². The van der Waals surface area contributed by atoms with E-state index in [1.807, 2.05) is 25.1 Å². The predicted molar refractivity (Wildman–Crippen MR) is 76.4 cm³/mol. The molecule has 0 spiro atoms. The molecule has 0 fully saturated rings. The van der Waals surface area contributed by atoms with Gasteiger partial charge in [0.1, 0.15) is 5.69 Å². The molecule has 2 rings (SSSR count). The molecular weight excluding hydrogens is 240 g/mol. The fourth-order valence-corrected chi connectivity index (χ4v) is 2.06. The summed E-state index contributed by atoms with van der Waals surface area (Å²) in [6.45, 7) is 6.24. The SMILES string of the molecule is C=CCNC(=O)c1cc2ccccc2c(=O)n1CC. The molecule has 0 radical (unpaired) electrons. The molecule has 0 aliphatic rings. The van der Waals surface area contributed by atoms with E-state index >= 15 is 0 Å². The molecule has 0 saturated heterocycles. The first kappa shape index (κ1) is 13.1. The van der Waals surface area contributed by atoms with E-state index in [0.717, 1.165) is 5.39 Å². The number of hydrogen-bond donors (Lipinski definition) is 1. The molecule has 1 amide bonds. The molecule has 1 aromatic heterocycles. The van der Waals surface area contributed by atoms with Crippen LogP contribution in [-0.2, 0) is 6.54 Å². The van der Waals surface area contributed by atoms with Crippen LogP contribution in [0, 0.1) is 0 Å². The van der Waals surface area contributed by atoms with E-state index in [1.54, 1.807) is 18.2 Å². The van der Waals surface area contributed by atoms with Crippen molar-refractivity contribution >= 4 is 16.7 Å². The quantitative estimate of drug-likeness (QED) is 0.850. The summed E-state index contributed by atoms with van der Waals surface area (Å²) in [7, 11) is 0. The zero-order chi connectivity index (χ0) is 13.8. The van der Waals surface area contributed by atoms with Crippen molar-refractivity contribution in [3.05, 3.63) is 59.0 Å². The number of carbonyl (C=O) groups is 1. The molecule has 0 unspecified atom stereocenters. The van der Waals surface area contributed by atoms with Crippen molar-refractivity contribution in [2.75, 3.05) is 6.54 Å². The van der Waals surface area contributed by atoms with E-state index < -0.39 is 0 Å². The van der Waals surface area contributed by atoms with Gasteiger partial charge in [0.15, 0.2) is 0 Å². The van der Waals surface area contributed by atoms with Crippen molar-refractivity contribution in [2.24, 2.45) is 0 Å². The first-order valence-electron chi connectivity index (χ1n) is 6.20. The van der Waals surface area contributed by atoms with E-state index in [-0.39, 0.29) is 11.5 Å². The number of nitrogens with zero attached hydrogens (tertiary/aromatic N) is 1. The Balaban J connectivity index is 2.63. The third kappa shape index (κ3) is 2.42. The topological polar surface area (TPSA) is 51.1 Å². The highest BCUT2D eigenvalue weighted by Gasteiger charge is 2.13. The van der Waals surface area contributed by atoms with Crippen LogP contribution in [0.5, 0.6) is 0 Å². The van der Waals surface area contributed by atoms with Crippen LogP contribution in [0.25, 0.3) is 10.8 Å². The van der Waals surface area contributed by atoms with Crippen molar-refractivity contribution in [3.63, 3.8) is 0 Å². The molecule has 0 aliphatic carbocycles. The van der Waals surface area contributed by atoms with E-state index in [4.69, 9.17) is 0 Å². The second kappa shape index (κ2) is 5.52. The number of rotatable bonds is 4. The summed E-state index contributed by atoms with van der Waals surface area (Å²) >= 11 is 0. The molecule has 0 bridgehead atoms. The molecule has 19 heavy (non-hydrogen) atoms. The third-order valence-electron chi connectivity index (χ3n) is 2.98. The predicted octanol–water partition coefficient (Wildman–Crippen LogP) is 1.94. The Bertz CT molecular complexity index is 686. The minimum Gasteiger partial charge on any atom is -0.347 e. The summed E-state index contributed by atoms with van der Waals surface area (Å²) < 4.78 is 1.49. The molecule has 0 saturated carbocycles. The van der Waals surface area contributed by atoms with Gasteiger partial charge in [-0.3, -0.25) is 9.59 Å². The molecule has 0 aliphatic heterocycles. The van der Waals surface area contributed by atoms with Crippen LogP contribution in [-0.4, -0.2) is 17.0 Å². The van der Waals surface area contributed by atoms with E-state index in [1.165, 1.54) is 4.57 Å². The highest BCUT2D eigenvalue weighted by atomic mass is 16.2. The summed E-state index contributed by atoms with van der Waals surface area (Å²) in [5.74, 6) is -0.260. The number of pyridine rings is 1. The lowest BCUT2D eigenvalue weighted by Crippen LogP contribution is -2.32. The normalized spacial score (nSPS) is 10.4. The Kier molecular flexibility index (Phi) is 3.80. The van der Waals surface area contributed by atoms with Crippen LogP contribution in [0.15, 0.2) is 47.8 Å². The fraction of sp³-hybridized carbons (Fsp3) is 0.200. The van der Waals surface area contributed by atoms with E-state index in [2.05, 4.69) is 11.9 Å². The Morgan fingerprint density at radius 1 is 1.42 bits per heavy atom. The minimum absolute atomic E-state index is 0.135. The van der Waals surface area contributed by atoms with Crippen LogP contribution in [0.4, 0.5) is 0 Å². The second-order valence-corrected chi connectivity index (χ2v) is 4.16. The number of aromatic nitrogens is 1. The van der Waals surface area contributed by atoms with Crippen LogP contribution in [0.2, 0.25) is 0 Å². The highest BCUT2D eigenvalue weighted by Crippen LogP contribution is 2.12. The van der Waals surface area contributed by atoms with E-state index in [9.17, 15) is 9.59 Å². The summed E-state index contributed by atoms with van der Waals surface area (Å²) in [5, 5.41) is 4.11. The fourth-order valence-electron chi connectivity index (χ4n) is 2.06. The molecule has 1 N–H and O–H groups in total. The largest absolute Gasteiger partial charge is 0.347 e. The van der Waals surface area contributed by atoms with Gasteiger partial charge in [-0.25, -0.2) is 0 Å². The average molecular weight is 256 g/mol. The van der Waals surface area contributed by atoms with Gasteiger partial charge in [-0.1, -0.05) is 24.3 Å². The van der Waals surface area contributed by atoms with Crippen molar-refractivity contribution < 1.29 is 4.79 Å². The zero-order valence-electron chi connectivity index (χ0n) is 10.8. The molecule has 0 atom stereocenters. The molecule has 1 heterocycles. The van der Waals surface area contributed by atoms with Crippen molar-refractivity contribution in [1.82, 2.24) is 9.88 Å². The molecule has 4 nitrogen and oxygen atoms in total. The lowest BCUT2D eigenvalue weighted by Gasteiger charge is -2.12. The van der Waals surface area contributed by atoms with Gasteiger partial charge in [-0.2, -0.15) is 0 Å². The monoisotopic (exact) mass is 256 g/mol. The lowest BCUT2D eigenvalue weighted by molar-refractivity contribution is 0.0948. The summed E-state index contributed by atoms with van der Waals surface area (Å²) in [6.07, 6.45) is 1.60. The summed E-state index contributed by atoms with van der Waals surface area (Å²) in [5.41, 5.74) is 0.248. The van der Waals surface area contributed by atoms with Gasteiger partial charge in [0, 0.05) is 18.5 Å². The average Bonchev–Trinajstić information content (AvgIpc) is 2.44. The lowest BCUT2D eigenvalue weighted by atomic mass is 10.1. The third-order valence-corrected chi connectivity index (χ3v) is 2.98. The molecule has 98 valence electrons. The molecule has 2 aromatic rings. The Morgan fingerprint density at radius 2 is 2.16 bits per heavy atom. The van der Waals surface area contributed by atoms with E-state index in [0.29, 0.717) is 24.2 Å². The van der Waals surface area contributed by atoms with Gasteiger partial charge >= 0.3 is 0 Å². The van der Waals surface area contributed by atoms with Gasteiger partial charge in [-0.05, 0) is 24.4 Å². The standard InChI is InChI=1S/C15H16N2O2/c1-3-9-16-14(18)13-10-11-7-5-6-8-12(11)15(19)17(13)4-2/h3,5-8,10H,1,4,9H2,2H3,(H,16,18). The number of hydrogen-bond acceptors (Lipinski definition) is 2. The second-order valence-electron chi connectivity index (χ2n) is 4.16. The van der Waals surface area contributed by atoms with Gasteiger partial charge < -0.3 is 9.88 Å². The van der Waals surface area contributed by atoms with Crippen molar-refractivity contribution in [2.45, 2.75) is 13.5 Å². The summed E-state index contributed by atoms with van der Waals surface area (Å²) in [4.78, 5) is 24.4. The summed E-state index contributed by atoms with van der Waals surface area (Å²) in [6, 6.07) is 9.03. The first-order chi connectivity index (χ1) is 9.19. The van der Waals surface area contributed by atoms with Gasteiger partial charge in [0.05, 0.1) is 0 Å². The Labute approximate surface area is 111 Å². The Hall–Kier alpha value is -2.36. The maximum absolute atomic E-state index is 12.3. The van der Waals surface area contributed by atoms with Gasteiger partial charge in [-0.15, -0.1) is 6.58 Å². The molecular formula is C15H16N2O2. The van der Waals surface area contributed by atoms with Crippen LogP contribution >= 0.6 is 0 Å². The minimum atomic E-state index is -0.260. The van der Waals surface area contributed by atoms with Gasteiger partial charge in [0.2, 0.25) is 0 Å². The maximum Gasteiger partial charge on any atom is 0.268 e. The molecule has 1 aromatic carbocycles. The Morgan fingerprint density at radius 3 is 2.84 bits per heavy atom. The first-order valence-corrected chi connectivity index (χ1v) is 6.20. The van der Waals surface area contributed by atoms with Gasteiger partial charge in [0.25, 0.3) is 11.5 Å². The van der Waals surface area contributed by atoms with Crippen LogP contribution < -0.4 is 10.9 Å². The number of nitrogens with one attached hydrogen (secondary N) is 1.